The maximum atomic E-state index is 10.2. The molecular formula is C9H16O4. The Hall–Kier alpha value is -0.160. The fourth-order valence-corrected chi connectivity index (χ4v) is 2.78. The molecule has 2 fully saturated rings. The van der Waals surface area contributed by atoms with Crippen LogP contribution in [-0.4, -0.2) is 46.3 Å². The van der Waals surface area contributed by atoms with E-state index in [0.717, 1.165) is 12.8 Å². The molecule has 76 valence electrons. The number of hydrogen-bond acceptors (Lipinski definition) is 4. The highest BCUT2D eigenvalue weighted by atomic mass is 16.5. The van der Waals surface area contributed by atoms with Crippen molar-refractivity contribution in [3.8, 4) is 0 Å². The largest absolute Gasteiger partial charge is 0.396 e. The number of rotatable bonds is 3. The van der Waals surface area contributed by atoms with Gasteiger partial charge in [0, 0.05) is 18.9 Å². The fourth-order valence-electron chi connectivity index (χ4n) is 2.78. The molecule has 3 atom stereocenters. The molecular weight excluding hydrogens is 172 g/mol. The van der Waals surface area contributed by atoms with Gasteiger partial charge >= 0.3 is 0 Å². The van der Waals surface area contributed by atoms with E-state index >= 15 is 0 Å². The minimum absolute atomic E-state index is 0.00493. The minimum Gasteiger partial charge on any atom is -0.396 e. The van der Waals surface area contributed by atoms with Gasteiger partial charge in [0.05, 0.1) is 13.2 Å². The van der Waals surface area contributed by atoms with Gasteiger partial charge in [-0.25, -0.2) is 0 Å². The van der Waals surface area contributed by atoms with Gasteiger partial charge in [-0.2, -0.15) is 0 Å². The van der Waals surface area contributed by atoms with Gasteiger partial charge in [-0.3, -0.25) is 0 Å². The van der Waals surface area contributed by atoms with E-state index in [9.17, 15) is 10.2 Å². The Labute approximate surface area is 77.1 Å². The average molecular weight is 188 g/mol. The molecule has 1 saturated carbocycles. The number of fused-ring (bicyclic) bond motifs is 2. The summed E-state index contributed by atoms with van der Waals surface area (Å²) in [5.41, 5.74) is -1.79. The lowest BCUT2D eigenvalue weighted by atomic mass is 9.82. The Bertz CT molecular complexity index is 198. The van der Waals surface area contributed by atoms with Crippen molar-refractivity contribution >= 4 is 0 Å². The summed E-state index contributed by atoms with van der Waals surface area (Å²) in [5.74, 6) is 0.0454. The lowest BCUT2D eigenvalue weighted by Crippen LogP contribution is -2.52. The maximum absolute atomic E-state index is 10.2. The van der Waals surface area contributed by atoms with Crippen molar-refractivity contribution < 1.29 is 20.1 Å². The SMILES string of the molecule is OCC[C@@]12CCC(CO1)C2(O)CO. The van der Waals surface area contributed by atoms with Crippen molar-refractivity contribution in [2.45, 2.75) is 30.5 Å². The zero-order chi connectivity index (χ0) is 9.53. The Morgan fingerprint density at radius 3 is 2.62 bits per heavy atom. The smallest absolute Gasteiger partial charge is 0.122 e. The quantitative estimate of drug-likeness (QED) is 0.546. The molecule has 0 amide bonds. The van der Waals surface area contributed by atoms with Gasteiger partial charge in [0.25, 0.3) is 0 Å². The molecule has 2 rings (SSSR count). The summed E-state index contributed by atoms with van der Waals surface area (Å²) in [6.07, 6.45) is 2.05. The predicted molar refractivity (Wildman–Crippen MR) is 45.1 cm³/mol. The van der Waals surface area contributed by atoms with Gasteiger partial charge < -0.3 is 20.1 Å². The van der Waals surface area contributed by atoms with E-state index in [1.807, 2.05) is 0 Å². The summed E-state index contributed by atoms with van der Waals surface area (Å²) >= 11 is 0. The van der Waals surface area contributed by atoms with Gasteiger partial charge in [-0.1, -0.05) is 0 Å². The number of aliphatic hydroxyl groups is 3. The molecule has 0 spiro atoms. The normalized spacial score (nSPS) is 48.7. The van der Waals surface area contributed by atoms with Gasteiger partial charge in [0.1, 0.15) is 11.2 Å². The zero-order valence-electron chi connectivity index (χ0n) is 7.57. The Balaban J connectivity index is 2.26. The van der Waals surface area contributed by atoms with Crippen LogP contribution in [0.1, 0.15) is 19.3 Å². The number of aliphatic hydroxyl groups excluding tert-OH is 2. The fraction of sp³-hybridized carbons (Fsp3) is 1.00. The zero-order valence-corrected chi connectivity index (χ0v) is 7.57. The lowest BCUT2D eigenvalue weighted by molar-refractivity contribution is -0.140. The third-order valence-electron chi connectivity index (χ3n) is 3.68. The molecule has 1 heterocycles. The first-order chi connectivity index (χ1) is 6.18. The van der Waals surface area contributed by atoms with E-state index in [1.165, 1.54) is 0 Å². The van der Waals surface area contributed by atoms with Crippen molar-refractivity contribution in [2.24, 2.45) is 5.92 Å². The molecule has 1 aliphatic carbocycles. The highest BCUT2D eigenvalue weighted by Crippen LogP contribution is 2.53. The summed E-state index contributed by atoms with van der Waals surface area (Å²) < 4.78 is 5.52. The minimum atomic E-state index is -1.12. The van der Waals surface area contributed by atoms with Crippen LogP contribution in [0.25, 0.3) is 0 Å². The standard InChI is InChI=1S/C9H16O4/c10-4-3-8-2-1-7(5-13-8)9(8,12)6-11/h7,10-12H,1-6H2/t7?,8-,9?/m1/s1. The molecule has 1 aliphatic heterocycles. The van der Waals surface area contributed by atoms with Crippen molar-refractivity contribution in [2.75, 3.05) is 19.8 Å². The van der Waals surface area contributed by atoms with Crippen LogP contribution in [-0.2, 0) is 4.74 Å². The van der Waals surface area contributed by atoms with Crippen LogP contribution in [0.3, 0.4) is 0 Å². The maximum Gasteiger partial charge on any atom is 0.122 e. The molecule has 2 aliphatic rings. The topological polar surface area (TPSA) is 69.9 Å². The van der Waals surface area contributed by atoms with E-state index in [2.05, 4.69) is 0 Å². The third kappa shape index (κ3) is 1.00. The van der Waals surface area contributed by atoms with E-state index in [-0.39, 0.29) is 19.1 Å². The predicted octanol–water partition coefficient (Wildman–Crippen LogP) is -0.729. The van der Waals surface area contributed by atoms with Crippen LogP contribution in [0.5, 0.6) is 0 Å². The molecule has 4 heteroatoms. The third-order valence-corrected chi connectivity index (χ3v) is 3.68. The number of ether oxygens (including phenoxy) is 1. The number of hydrogen-bond donors (Lipinski definition) is 3. The summed E-state index contributed by atoms with van der Waals surface area (Å²) in [5, 5.41) is 28.3. The molecule has 0 aromatic carbocycles. The molecule has 0 aromatic rings. The summed E-state index contributed by atoms with van der Waals surface area (Å²) in [6.45, 7) is 0.240. The van der Waals surface area contributed by atoms with Crippen LogP contribution in [0.2, 0.25) is 0 Å². The highest BCUT2D eigenvalue weighted by Gasteiger charge is 2.64. The first-order valence-electron chi connectivity index (χ1n) is 4.76. The molecule has 4 nitrogen and oxygen atoms in total. The Morgan fingerprint density at radius 2 is 2.15 bits per heavy atom. The van der Waals surface area contributed by atoms with E-state index in [0.29, 0.717) is 13.0 Å². The van der Waals surface area contributed by atoms with Crippen LogP contribution in [0.4, 0.5) is 0 Å². The van der Waals surface area contributed by atoms with Crippen LogP contribution in [0.15, 0.2) is 0 Å². The highest BCUT2D eigenvalue weighted by molar-refractivity contribution is 5.14. The molecule has 0 aromatic heterocycles. The molecule has 3 N–H and O–H groups in total. The van der Waals surface area contributed by atoms with Gasteiger partial charge in [-0.05, 0) is 12.8 Å². The lowest BCUT2D eigenvalue weighted by Gasteiger charge is -2.36. The summed E-state index contributed by atoms with van der Waals surface area (Å²) in [6, 6.07) is 0. The molecule has 2 bridgehead atoms. The molecule has 1 saturated heterocycles. The second-order valence-corrected chi connectivity index (χ2v) is 4.10. The Kier molecular flexibility index (Phi) is 2.11. The molecule has 2 unspecified atom stereocenters. The van der Waals surface area contributed by atoms with E-state index < -0.39 is 11.2 Å². The van der Waals surface area contributed by atoms with Crippen molar-refractivity contribution in [1.29, 1.82) is 0 Å². The van der Waals surface area contributed by atoms with Crippen LogP contribution >= 0.6 is 0 Å². The van der Waals surface area contributed by atoms with Crippen molar-refractivity contribution in [1.82, 2.24) is 0 Å². The second kappa shape index (κ2) is 2.92. The second-order valence-electron chi connectivity index (χ2n) is 4.10. The molecule has 13 heavy (non-hydrogen) atoms. The van der Waals surface area contributed by atoms with Crippen LogP contribution < -0.4 is 0 Å². The summed E-state index contributed by atoms with van der Waals surface area (Å²) in [4.78, 5) is 0. The summed E-state index contributed by atoms with van der Waals surface area (Å²) in [7, 11) is 0. The van der Waals surface area contributed by atoms with Gasteiger partial charge in [-0.15, -0.1) is 0 Å². The van der Waals surface area contributed by atoms with Crippen molar-refractivity contribution in [3.63, 3.8) is 0 Å². The van der Waals surface area contributed by atoms with Crippen molar-refractivity contribution in [3.05, 3.63) is 0 Å². The van der Waals surface area contributed by atoms with E-state index in [4.69, 9.17) is 9.84 Å². The van der Waals surface area contributed by atoms with Gasteiger partial charge in [0.2, 0.25) is 0 Å². The average Bonchev–Trinajstić information content (AvgIpc) is 2.57. The Morgan fingerprint density at radius 1 is 1.38 bits per heavy atom. The first kappa shape index (κ1) is 9.40. The first-order valence-corrected chi connectivity index (χ1v) is 4.76. The molecule has 0 radical (unpaired) electrons. The monoisotopic (exact) mass is 188 g/mol. The van der Waals surface area contributed by atoms with E-state index in [1.54, 1.807) is 0 Å². The van der Waals surface area contributed by atoms with Gasteiger partial charge in [0.15, 0.2) is 0 Å². The van der Waals surface area contributed by atoms with Crippen LogP contribution in [0, 0.1) is 5.92 Å².